The van der Waals surface area contributed by atoms with Crippen molar-refractivity contribution in [3.8, 4) is 11.5 Å². The van der Waals surface area contributed by atoms with E-state index in [1.807, 2.05) is 58.1 Å². The number of piperazine rings is 1. The quantitative estimate of drug-likeness (QED) is 0.297. The van der Waals surface area contributed by atoms with Crippen molar-refractivity contribution in [2.75, 3.05) is 71.4 Å². The van der Waals surface area contributed by atoms with Crippen molar-refractivity contribution in [3.05, 3.63) is 58.1 Å². The summed E-state index contributed by atoms with van der Waals surface area (Å²) in [7, 11) is 4.25. The molecule has 0 atom stereocenters. The Labute approximate surface area is 220 Å². The predicted molar refractivity (Wildman–Crippen MR) is 149 cm³/mol. The smallest absolute Gasteiger partial charge is 0.270 e. The molecule has 0 bridgehead atoms. The summed E-state index contributed by atoms with van der Waals surface area (Å²) in [5.74, 6) is 0.748. The lowest BCUT2D eigenvalue weighted by atomic mass is 10.2. The van der Waals surface area contributed by atoms with Crippen LogP contribution in [-0.4, -0.2) is 92.0 Å². The highest BCUT2D eigenvalue weighted by Gasteiger charge is 2.23. The second kappa shape index (κ2) is 11.7. The van der Waals surface area contributed by atoms with Crippen LogP contribution < -0.4 is 4.90 Å². The molecule has 7 nitrogen and oxygen atoms in total. The van der Waals surface area contributed by atoms with Gasteiger partial charge in [-0.15, -0.1) is 22.7 Å². The number of likely N-dealkylation sites (N-methyl/N-ethyl adjacent to an activating group) is 1. The fourth-order valence-corrected chi connectivity index (χ4v) is 5.97. The summed E-state index contributed by atoms with van der Waals surface area (Å²) in [5, 5.41) is 5.70. The van der Waals surface area contributed by atoms with Gasteiger partial charge in [0, 0.05) is 56.6 Å². The number of thiazole rings is 1. The minimum Gasteiger partial charge on any atom is -0.454 e. The number of para-hydroxylation sites is 1. The zero-order valence-corrected chi connectivity index (χ0v) is 22.6. The van der Waals surface area contributed by atoms with E-state index in [9.17, 15) is 4.79 Å². The summed E-state index contributed by atoms with van der Waals surface area (Å²) >= 11 is 2.97. The predicted octanol–water partition coefficient (Wildman–Crippen LogP) is 4.83. The zero-order chi connectivity index (χ0) is 24.9. The fourth-order valence-electron chi connectivity index (χ4n) is 4.46. The first-order valence-electron chi connectivity index (χ1n) is 12.5. The molecule has 4 heterocycles. The molecular weight excluding hydrogens is 490 g/mol. The number of amides is 1. The van der Waals surface area contributed by atoms with Gasteiger partial charge in [-0.25, -0.2) is 4.98 Å². The number of rotatable bonds is 10. The normalized spacial score (nSPS) is 15.2. The zero-order valence-electron chi connectivity index (χ0n) is 20.9. The molecule has 1 fully saturated rings. The Morgan fingerprint density at radius 1 is 1.00 bits per heavy atom. The van der Waals surface area contributed by atoms with E-state index < -0.39 is 0 Å². The van der Waals surface area contributed by atoms with Crippen LogP contribution >= 0.6 is 22.7 Å². The Morgan fingerprint density at radius 3 is 2.50 bits per heavy atom. The van der Waals surface area contributed by atoms with E-state index in [0.717, 1.165) is 84.7 Å². The summed E-state index contributed by atoms with van der Waals surface area (Å²) < 4.78 is 6.01. The molecule has 1 aliphatic heterocycles. The van der Waals surface area contributed by atoms with Gasteiger partial charge in [0.25, 0.3) is 5.91 Å². The van der Waals surface area contributed by atoms with Crippen LogP contribution in [0.15, 0.2) is 57.6 Å². The van der Waals surface area contributed by atoms with Crippen LogP contribution in [0.3, 0.4) is 0 Å². The third-order valence-corrected chi connectivity index (χ3v) is 8.28. The average molecular weight is 524 g/mol. The number of anilines is 1. The highest BCUT2D eigenvalue weighted by Crippen LogP contribution is 2.32. The summed E-state index contributed by atoms with van der Waals surface area (Å²) in [5.41, 5.74) is 1.61. The van der Waals surface area contributed by atoms with E-state index in [2.05, 4.69) is 28.8 Å². The van der Waals surface area contributed by atoms with Crippen molar-refractivity contribution in [3.63, 3.8) is 0 Å². The number of benzene rings is 1. The minimum absolute atomic E-state index is 0.0176. The summed E-state index contributed by atoms with van der Waals surface area (Å²) in [6.07, 6.45) is 0.911. The monoisotopic (exact) mass is 523 g/mol. The van der Waals surface area contributed by atoms with Crippen molar-refractivity contribution in [2.45, 2.75) is 6.42 Å². The van der Waals surface area contributed by atoms with E-state index >= 15 is 0 Å². The maximum atomic E-state index is 13.4. The largest absolute Gasteiger partial charge is 0.454 e. The molecule has 190 valence electrons. The number of nitrogens with zero attached hydrogens (tertiary/aromatic N) is 5. The molecule has 0 radical (unpaired) electrons. The van der Waals surface area contributed by atoms with E-state index in [-0.39, 0.29) is 5.91 Å². The molecule has 0 spiro atoms. The van der Waals surface area contributed by atoms with Crippen LogP contribution in [0.25, 0.3) is 22.4 Å². The van der Waals surface area contributed by atoms with Crippen molar-refractivity contribution >= 4 is 44.7 Å². The lowest BCUT2D eigenvalue weighted by molar-refractivity contribution is 0.0986. The third kappa shape index (κ3) is 6.04. The van der Waals surface area contributed by atoms with Crippen LogP contribution in [-0.2, 0) is 0 Å². The Balaban J connectivity index is 1.23. The van der Waals surface area contributed by atoms with Gasteiger partial charge in [-0.1, -0.05) is 24.3 Å². The average Bonchev–Trinajstić information content (AvgIpc) is 3.66. The number of hydrogen-bond acceptors (Lipinski definition) is 8. The molecule has 4 aromatic rings. The number of aromatic nitrogens is 1. The molecule has 1 saturated heterocycles. The van der Waals surface area contributed by atoms with Gasteiger partial charge in [0.1, 0.15) is 11.3 Å². The van der Waals surface area contributed by atoms with Gasteiger partial charge in [0.05, 0.1) is 4.88 Å². The summed E-state index contributed by atoms with van der Waals surface area (Å²) in [6, 6.07) is 13.8. The maximum Gasteiger partial charge on any atom is 0.270 e. The van der Waals surface area contributed by atoms with Gasteiger partial charge in [0.15, 0.2) is 10.9 Å². The Kier molecular flexibility index (Phi) is 8.13. The summed E-state index contributed by atoms with van der Waals surface area (Å²) in [6.45, 7) is 8.24. The molecular formula is C27H33N5O2S2. The van der Waals surface area contributed by atoms with Crippen molar-refractivity contribution in [2.24, 2.45) is 0 Å². The fraction of sp³-hybridized carbons (Fsp3) is 0.407. The van der Waals surface area contributed by atoms with Crippen molar-refractivity contribution in [1.29, 1.82) is 0 Å². The molecule has 36 heavy (non-hydrogen) atoms. The standard InChI is InChI=1S/C27H33N5O2S2/c1-29(2)12-13-31-16-14-30(15-17-31)10-6-11-32(26(33)25-9-5-18-35-25)27-28-22(20-36-27)24-19-21-7-3-4-8-23(21)34-24/h3-5,7-9,18-20H,6,10-17H2,1-2H3. The first-order chi connectivity index (χ1) is 17.6. The van der Waals surface area contributed by atoms with Gasteiger partial charge in [-0.3, -0.25) is 14.6 Å². The molecule has 9 heteroatoms. The van der Waals surface area contributed by atoms with Gasteiger partial charge in [-0.05, 0) is 50.6 Å². The van der Waals surface area contributed by atoms with Gasteiger partial charge in [0.2, 0.25) is 0 Å². The molecule has 0 aliphatic carbocycles. The molecule has 0 unspecified atom stereocenters. The first kappa shape index (κ1) is 25.1. The number of carbonyl (C=O) groups excluding carboxylic acids is 1. The second-order valence-corrected chi connectivity index (χ2v) is 11.2. The first-order valence-corrected chi connectivity index (χ1v) is 14.2. The van der Waals surface area contributed by atoms with Crippen molar-refractivity contribution < 1.29 is 9.21 Å². The Bertz CT molecular complexity index is 1230. The van der Waals surface area contributed by atoms with Crippen LogP contribution in [0.4, 0.5) is 5.13 Å². The lowest BCUT2D eigenvalue weighted by Crippen LogP contribution is -2.48. The minimum atomic E-state index is 0.0176. The van der Waals surface area contributed by atoms with Gasteiger partial charge >= 0.3 is 0 Å². The van der Waals surface area contributed by atoms with Gasteiger partial charge in [-0.2, -0.15) is 0 Å². The Hall–Kier alpha value is -2.56. The molecule has 1 amide bonds. The number of thiophene rings is 1. The SMILES string of the molecule is CN(C)CCN1CCN(CCCN(C(=O)c2cccs2)c2nc(-c3cc4ccccc4o3)cs2)CC1. The number of furan rings is 1. The molecule has 1 aromatic carbocycles. The highest BCUT2D eigenvalue weighted by molar-refractivity contribution is 7.14. The van der Waals surface area contributed by atoms with Crippen LogP contribution in [0, 0.1) is 0 Å². The van der Waals surface area contributed by atoms with E-state index in [0.29, 0.717) is 6.54 Å². The van der Waals surface area contributed by atoms with Gasteiger partial charge < -0.3 is 14.2 Å². The third-order valence-electron chi connectivity index (χ3n) is 6.56. The lowest BCUT2D eigenvalue weighted by Gasteiger charge is -2.35. The summed E-state index contributed by atoms with van der Waals surface area (Å²) in [4.78, 5) is 28.1. The van der Waals surface area contributed by atoms with E-state index in [4.69, 9.17) is 9.40 Å². The molecule has 5 rings (SSSR count). The number of carbonyl (C=O) groups is 1. The molecule has 0 saturated carbocycles. The van der Waals surface area contributed by atoms with Crippen LogP contribution in [0.5, 0.6) is 0 Å². The number of hydrogen-bond donors (Lipinski definition) is 0. The second-order valence-electron chi connectivity index (χ2n) is 9.44. The van der Waals surface area contributed by atoms with Crippen LogP contribution in [0.1, 0.15) is 16.1 Å². The van der Waals surface area contributed by atoms with Crippen LogP contribution in [0.2, 0.25) is 0 Å². The Morgan fingerprint density at radius 2 is 1.78 bits per heavy atom. The maximum absolute atomic E-state index is 13.4. The molecule has 3 aromatic heterocycles. The van der Waals surface area contributed by atoms with Crippen molar-refractivity contribution in [1.82, 2.24) is 19.7 Å². The highest BCUT2D eigenvalue weighted by atomic mass is 32.1. The molecule has 1 aliphatic rings. The topological polar surface area (TPSA) is 56.1 Å². The molecule has 0 N–H and O–H groups in total. The number of fused-ring (bicyclic) bond motifs is 1. The van der Waals surface area contributed by atoms with E-state index in [1.165, 1.54) is 22.7 Å². The van der Waals surface area contributed by atoms with E-state index in [1.54, 1.807) is 0 Å².